The third-order valence-electron chi connectivity index (χ3n) is 6.87. The van der Waals surface area contributed by atoms with Gasteiger partial charge in [0.25, 0.3) is 0 Å². The molecule has 10 heteroatoms. The number of para-hydroxylation sites is 1. The standard InChI is InChI=1S/C23H23N3O7/c1-3-33-21(28)23(26(31)32)16(13-25(29)30)12-22(19(23)15-10-8-14(2)9-11-15)17-6-4-5-7-18(17)24-20(22)27/h4-11,16,19H,3,12-13H2,1-2H3,(H,24,27)/t16-,19+,22+,23+/m1/s1. The number of hydrogen-bond donors (Lipinski definition) is 1. The van der Waals surface area contributed by atoms with Gasteiger partial charge in [0.2, 0.25) is 12.5 Å². The quantitative estimate of drug-likeness (QED) is 0.403. The number of fused-ring (bicyclic) bond motifs is 2. The van der Waals surface area contributed by atoms with E-state index in [1.54, 1.807) is 48.5 Å². The number of carbonyl (C=O) groups is 2. The summed E-state index contributed by atoms with van der Waals surface area (Å²) in [6.07, 6.45) is -0.241. The van der Waals surface area contributed by atoms with E-state index in [0.29, 0.717) is 16.8 Å². The molecule has 4 rings (SSSR count). The van der Waals surface area contributed by atoms with E-state index in [1.807, 2.05) is 6.92 Å². The second kappa shape index (κ2) is 7.95. The minimum absolute atomic E-state index is 0.143. The van der Waals surface area contributed by atoms with Gasteiger partial charge in [-0.3, -0.25) is 25.0 Å². The zero-order valence-corrected chi connectivity index (χ0v) is 18.1. The van der Waals surface area contributed by atoms with E-state index >= 15 is 0 Å². The van der Waals surface area contributed by atoms with Crippen LogP contribution in [0.4, 0.5) is 5.69 Å². The summed E-state index contributed by atoms with van der Waals surface area (Å²) in [5.41, 5.74) is -1.85. The molecule has 33 heavy (non-hydrogen) atoms. The molecule has 172 valence electrons. The summed E-state index contributed by atoms with van der Waals surface area (Å²) < 4.78 is 5.17. The molecule has 1 heterocycles. The Bertz CT molecular complexity index is 1150. The Balaban J connectivity index is 2.09. The van der Waals surface area contributed by atoms with Crippen LogP contribution in [0.15, 0.2) is 48.5 Å². The smallest absolute Gasteiger partial charge is 0.386 e. The van der Waals surface area contributed by atoms with Gasteiger partial charge in [-0.05, 0) is 37.5 Å². The highest BCUT2D eigenvalue weighted by Crippen LogP contribution is 2.63. The van der Waals surface area contributed by atoms with Gasteiger partial charge in [0.15, 0.2) is 0 Å². The monoisotopic (exact) mass is 453 g/mol. The van der Waals surface area contributed by atoms with Crippen molar-refractivity contribution in [1.82, 2.24) is 0 Å². The van der Waals surface area contributed by atoms with Gasteiger partial charge in [0, 0.05) is 15.5 Å². The number of esters is 1. The molecule has 2 aliphatic rings. The lowest BCUT2D eigenvalue weighted by molar-refractivity contribution is -0.582. The van der Waals surface area contributed by atoms with Crippen molar-refractivity contribution in [1.29, 1.82) is 0 Å². The first-order valence-corrected chi connectivity index (χ1v) is 10.6. The summed E-state index contributed by atoms with van der Waals surface area (Å²) in [6, 6.07) is 13.5. The number of carbonyl (C=O) groups excluding carboxylic acids is 2. The number of benzene rings is 2. The minimum Gasteiger partial charge on any atom is -0.461 e. The summed E-state index contributed by atoms with van der Waals surface area (Å²) in [4.78, 5) is 49.9. The van der Waals surface area contributed by atoms with Crippen molar-refractivity contribution in [2.75, 3.05) is 18.5 Å². The predicted octanol–water partition coefficient (Wildman–Crippen LogP) is 2.84. The Morgan fingerprint density at radius 2 is 1.82 bits per heavy atom. The number of amides is 1. The van der Waals surface area contributed by atoms with Gasteiger partial charge in [0.05, 0.1) is 17.9 Å². The molecule has 1 amide bonds. The summed E-state index contributed by atoms with van der Waals surface area (Å²) in [7, 11) is 0. The highest BCUT2D eigenvalue weighted by molar-refractivity contribution is 6.08. The third kappa shape index (κ3) is 3.08. The van der Waals surface area contributed by atoms with Gasteiger partial charge in [-0.15, -0.1) is 0 Å². The molecule has 0 saturated heterocycles. The number of ether oxygens (including phenoxy) is 1. The van der Waals surface area contributed by atoms with Crippen molar-refractivity contribution in [3.05, 3.63) is 85.4 Å². The molecule has 1 saturated carbocycles. The minimum atomic E-state index is -2.52. The molecular formula is C23H23N3O7. The summed E-state index contributed by atoms with van der Waals surface area (Å²) in [6.45, 7) is 2.36. The molecule has 0 bridgehead atoms. The third-order valence-corrected chi connectivity index (χ3v) is 6.87. The van der Waals surface area contributed by atoms with E-state index in [0.717, 1.165) is 5.56 Å². The van der Waals surface area contributed by atoms with E-state index in [2.05, 4.69) is 5.32 Å². The van der Waals surface area contributed by atoms with Crippen molar-refractivity contribution in [2.45, 2.75) is 37.1 Å². The fraction of sp³-hybridized carbons (Fsp3) is 0.391. The molecule has 1 aliphatic heterocycles. The first kappa shape index (κ1) is 22.4. The molecule has 10 nitrogen and oxygen atoms in total. The zero-order chi connectivity index (χ0) is 24.0. The highest BCUT2D eigenvalue weighted by atomic mass is 16.6. The van der Waals surface area contributed by atoms with Crippen molar-refractivity contribution in [3.8, 4) is 0 Å². The van der Waals surface area contributed by atoms with Crippen LogP contribution in [-0.2, 0) is 19.7 Å². The molecular weight excluding hydrogens is 430 g/mol. The largest absolute Gasteiger partial charge is 0.461 e. The number of nitrogens with one attached hydrogen (secondary N) is 1. The van der Waals surface area contributed by atoms with Crippen molar-refractivity contribution < 1.29 is 24.2 Å². The maximum Gasteiger partial charge on any atom is 0.386 e. The van der Waals surface area contributed by atoms with E-state index < -0.39 is 51.1 Å². The average molecular weight is 453 g/mol. The van der Waals surface area contributed by atoms with Gasteiger partial charge >= 0.3 is 11.5 Å². The van der Waals surface area contributed by atoms with Crippen LogP contribution >= 0.6 is 0 Å². The Morgan fingerprint density at radius 1 is 1.15 bits per heavy atom. The lowest BCUT2D eigenvalue weighted by atomic mass is 9.66. The van der Waals surface area contributed by atoms with Crippen LogP contribution in [-0.4, -0.2) is 40.4 Å². The van der Waals surface area contributed by atoms with Crippen LogP contribution in [0.25, 0.3) is 0 Å². The van der Waals surface area contributed by atoms with Crippen LogP contribution in [0.2, 0.25) is 0 Å². The fourth-order valence-corrected chi connectivity index (χ4v) is 5.64. The molecule has 1 spiro atoms. The van der Waals surface area contributed by atoms with Crippen LogP contribution < -0.4 is 5.32 Å². The van der Waals surface area contributed by atoms with Crippen molar-refractivity contribution in [3.63, 3.8) is 0 Å². The second-order valence-corrected chi connectivity index (χ2v) is 8.53. The predicted molar refractivity (Wildman–Crippen MR) is 117 cm³/mol. The van der Waals surface area contributed by atoms with Gasteiger partial charge in [0.1, 0.15) is 5.92 Å². The number of nitro groups is 2. The highest BCUT2D eigenvalue weighted by Gasteiger charge is 2.80. The Hall–Kier alpha value is -3.82. The molecule has 2 aromatic carbocycles. The topological polar surface area (TPSA) is 142 Å². The number of hydrogen-bond acceptors (Lipinski definition) is 7. The summed E-state index contributed by atoms with van der Waals surface area (Å²) >= 11 is 0. The van der Waals surface area contributed by atoms with Crippen molar-refractivity contribution >= 4 is 17.6 Å². The average Bonchev–Trinajstić information content (AvgIpc) is 3.21. The molecule has 1 N–H and O–H groups in total. The van der Waals surface area contributed by atoms with E-state index in [9.17, 15) is 29.8 Å². The first-order valence-electron chi connectivity index (χ1n) is 10.6. The van der Waals surface area contributed by atoms with Crippen molar-refractivity contribution in [2.24, 2.45) is 5.92 Å². The number of nitrogens with zero attached hydrogens (tertiary/aromatic N) is 2. The maximum atomic E-state index is 13.6. The fourth-order valence-electron chi connectivity index (χ4n) is 5.64. The van der Waals surface area contributed by atoms with E-state index in [4.69, 9.17) is 4.74 Å². The number of anilines is 1. The Labute approximate surface area is 189 Å². The molecule has 0 unspecified atom stereocenters. The number of rotatable bonds is 6. The van der Waals surface area contributed by atoms with Gasteiger partial charge < -0.3 is 10.1 Å². The molecule has 4 atom stereocenters. The Morgan fingerprint density at radius 3 is 2.42 bits per heavy atom. The maximum absolute atomic E-state index is 13.6. The van der Waals surface area contributed by atoms with Crippen LogP contribution in [0, 0.1) is 33.1 Å². The molecule has 2 aromatic rings. The van der Waals surface area contributed by atoms with Crippen LogP contribution in [0.1, 0.15) is 36.0 Å². The Kier molecular flexibility index (Phi) is 5.39. The van der Waals surface area contributed by atoms with E-state index in [-0.39, 0.29) is 13.0 Å². The second-order valence-electron chi connectivity index (χ2n) is 8.53. The lowest BCUT2D eigenvalue weighted by Crippen LogP contribution is -2.58. The van der Waals surface area contributed by atoms with E-state index in [1.165, 1.54) is 6.92 Å². The zero-order valence-electron chi connectivity index (χ0n) is 18.1. The molecule has 1 fully saturated rings. The summed E-state index contributed by atoms with van der Waals surface area (Å²) in [5.74, 6) is -4.37. The van der Waals surface area contributed by atoms with Crippen LogP contribution in [0.5, 0.6) is 0 Å². The first-order chi connectivity index (χ1) is 15.7. The normalized spacial score (nSPS) is 27.8. The van der Waals surface area contributed by atoms with Gasteiger partial charge in [-0.2, -0.15) is 0 Å². The van der Waals surface area contributed by atoms with Gasteiger partial charge in [-0.1, -0.05) is 48.0 Å². The van der Waals surface area contributed by atoms with Gasteiger partial charge in [-0.25, -0.2) is 4.79 Å². The summed E-state index contributed by atoms with van der Waals surface area (Å²) in [5, 5.41) is 27.2. The van der Waals surface area contributed by atoms with Crippen LogP contribution in [0.3, 0.4) is 0 Å². The molecule has 0 aromatic heterocycles. The molecule has 0 radical (unpaired) electrons. The number of aryl methyl sites for hydroxylation is 1. The SMILES string of the molecule is CCOC(=O)[C@]1([N+](=O)[O-])[C@@H](C[N+](=O)[O-])C[C@@]2(C(=O)Nc3ccccc32)[C@@H]1c1ccc(C)cc1. The lowest BCUT2D eigenvalue weighted by Gasteiger charge is -2.34. The molecule has 1 aliphatic carbocycles.